The summed E-state index contributed by atoms with van der Waals surface area (Å²) in [4.78, 5) is 0. The van der Waals surface area contributed by atoms with Crippen molar-refractivity contribution in [3.8, 4) is 0 Å². The van der Waals surface area contributed by atoms with Crippen LogP contribution in [0.1, 0.15) is 8.22 Å². The molecule has 0 amide bonds. The van der Waals surface area contributed by atoms with Gasteiger partial charge in [-0.3, -0.25) is 0 Å². The first-order valence-corrected chi connectivity index (χ1v) is 2.09. The first-order valence-electron chi connectivity index (χ1n) is 4.56. The number of methoxy groups -OCH3 is 2. The standard InChI is InChI=1S/C4H9ClO2/c1-6-4(3-5)7-2/h4H,3H2,1-2H3/i1D3,2D3. The largest absolute Gasteiger partial charge is 0.355 e. The molecule has 0 radical (unpaired) electrons. The number of halogens is 1. The van der Waals surface area contributed by atoms with Gasteiger partial charge in [0.1, 0.15) is 0 Å². The van der Waals surface area contributed by atoms with Crippen LogP contribution in [-0.2, 0) is 9.47 Å². The van der Waals surface area contributed by atoms with E-state index in [0.29, 0.717) is 0 Å². The molecule has 2 nitrogen and oxygen atoms in total. The Labute approximate surface area is 56.8 Å². The zero-order chi connectivity index (χ0) is 10.7. The Bertz CT molecular complexity index is 138. The molecule has 0 aliphatic heterocycles. The molecule has 0 fully saturated rings. The molecular formula is C4H9ClO2. The van der Waals surface area contributed by atoms with Crippen LogP contribution < -0.4 is 0 Å². The minimum Gasteiger partial charge on any atom is -0.355 e. The van der Waals surface area contributed by atoms with Crippen LogP contribution in [-0.4, -0.2) is 26.2 Å². The summed E-state index contributed by atoms with van der Waals surface area (Å²) in [5.41, 5.74) is 0. The molecule has 0 aromatic heterocycles. The Morgan fingerprint density at radius 3 is 2.57 bits per heavy atom. The van der Waals surface area contributed by atoms with E-state index in [1.807, 2.05) is 0 Å². The summed E-state index contributed by atoms with van der Waals surface area (Å²) >= 11 is 5.23. The van der Waals surface area contributed by atoms with Gasteiger partial charge in [0, 0.05) is 14.1 Å². The van der Waals surface area contributed by atoms with E-state index in [0.717, 1.165) is 0 Å². The highest BCUT2D eigenvalue weighted by Crippen LogP contribution is 1.91. The van der Waals surface area contributed by atoms with Gasteiger partial charge in [-0.25, -0.2) is 0 Å². The van der Waals surface area contributed by atoms with Crippen molar-refractivity contribution in [1.29, 1.82) is 0 Å². The molecule has 0 spiro atoms. The van der Waals surface area contributed by atoms with Crippen LogP contribution in [0.3, 0.4) is 0 Å². The fourth-order valence-electron chi connectivity index (χ4n) is 0.0871. The van der Waals surface area contributed by atoms with Crippen molar-refractivity contribution in [1.82, 2.24) is 0 Å². The second kappa shape index (κ2) is 4.37. The lowest BCUT2D eigenvalue weighted by Crippen LogP contribution is -2.13. The fourth-order valence-corrected chi connectivity index (χ4v) is 0.213. The van der Waals surface area contributed by atoms with Gasteiger partial charge in [0.25, 0.3) is 0 Å². The molecule has 0 aromatic carbocycles. The maximum Gasteiger partial charge on any atom is 0.170 e. The van der Waals surface area contributed by atoms with Crippen LogP contribution in [0.15, 0.2) is 0 Å². The predicted octanol–water partition coefficient (Wildman–Crippen LogP) is 0.844. The summed E-state index contributed by atoms with van der Waals surface area (Å²) in [6, 6.07) is 0. The highest BCUT2D eigenvalue weighted by atomic mass is 35.5. The van der Waals surface area contributed by atoms with Crippen LogP contribution in [0.5, 0.6) is 0 Å². The summed E-state index contributed by atoms with van der Waals surface area (Å²) in [6.45, 7) is 0. The molecule has 0 atom stereocenters. The molecule has 0 bridgehead atoms. The second-order valence-corrected chi connectivity index (χ2v) is 1.13. The van der Waals surface area contributed by atoms with Gasteiger partial charge >= 0.3 is 0 Å². The summed E-state index contributed by atoms with van der Waals surface area (Å²) in [6.07, 6.45) is -1.46. The molecule has 0 rings (SSSR count). The van der Waals surface area contributed by atoms with Crippen molar-refractivity contribution in [2.24, 2.45) is 0 Å². The summed E-state index contributed by atoms with van der Waals surface area (Å²) in [7, 11) is -5.43. The second-order valence-electron chi connectivity index (χ2n) is 0.820. The normalized spacial score (nSPS) is 26.6. The van der Waals surface area contributed by atoms with Gasteiger partial charge in [-0.05, 0) is 0 Å². The minimum absolute atomic E-state index is 0.364. The molecule has 0 heterocycles. The van der Waals surface area contributed by atoms with Gasteiger partial charge in [-0.1, -0.05) is 0 Å². The third-order valence-electron chi connectivity index (χ3n) is 0.389. The molecule has 0 aliphatic carbocycles. The number of hydrogen-bond acceptors (Lipinski definition) is 2. The summed E-state index contributed by atoms with van der Waals surface area (Å²) < 4.78 is 48.5. The highest BCUT2D eigenvalue weighted by Gasteiger charge is 1.98. The SMILES string of the molecule is [2H]C([2H])([2H])OC(CCl)OC([2H])([2H])[2H]. The van der Waals surface area contributed by atoms with E-state index in [9.17, 15) is 0 Å². The van der Waals surface area contributed by atoms with Gasteiger partial charge in [-0.15, -0.1) is 11.6 Å². The van der Waals surface area contributed by atoms with Crippen LogP contribution in [0.2, 0.25) is 0 Å². The third kappa shape index (κ3) is 2.85. The van der Waals surface area contributed by atoms with Crippen molar-refractivity contribution in [3.63, 3.8) is 0 Å². The van der Waals surface area contributed by atoms with Crippen molar-refractivity contribution in [3.05, 3.63) is 0 Å². The van der Waals surface area contributed by atoms with Gasteiger partial charge in [0.2, 0.25) is 0 Å². The van der Waals surface area contributed by atoms with E-state index < -0.39 is 20.4 Å². The molecule has 3 heteroatoms. The summed E-state index contributed by atoms with van der Waals surface area (Å²) in [5, 5.41) is 0. The monoisotopic (exact) mass is 130 g/mol. The number of ether oxygens (including phenoxy) is 2. The first-order chi connectivity index (χ1) is 5.64. The van der Waals surface area contributed by atoms with Crippen molar-refractivity contribution in [2.75, 3.05) is 20.0 Å². The van der Waals surface area contributed by atoms with E-state index in [1.54, 1.807) is 0 Å². The molecule has 44 valence electrons. The predicted molar refractivity (Wildman–Crippen MR) is 28.5 cm³/mol. The fraction of sp³-hybridized carbons (Fsp3) is 1.00. The van der Waals surface area contributed by atoms with E-state index in [4.69, 9.17) is 19.8 Å². The van der Waals surface area contributed by atoms with Crippen molar-refractivity contribution < 1.29 is 17.7 Å². The molecule has 7 heavy (non-hydrogen) atoms. The number of alkyl halides is 1. The zero-order valence-electron chi connectivity index (χ0n) is 9.48. The number of rotatable bonds is 3. The lowest BCUT2D eigenvalue weighted by molar-refractivity contribution is -0.0851. The van der Waals surface area contributed by atoms with E-state index in [-0.39, 0.29) is 5.88 Å². The smallest absolute Gasteiger partial charge is 0.170 e. The lowest BCUT2D eigenvalue weighted by atomic mass is 10.7. The van der Waals surface area contributed by atoms with Crippen LogP contribution in [0.4, 0.5) is 0 Å². The van der Waals surface area contributed by atoms with Crippen molar-refractivity contribution in [2.45, 2.75) is 6.29 Å². The number of hydrogen-bond donors (Lipinski definition) is 0. The average Bonchev–Trinajstić information content (AvgIpc) is 1.79. The van der Waals surface area contributed by atoms with E-state index in [2.05, 4.69) is 9.47 Å². The average molecular weight is 131 g/mol. The maximum absolute atomic E-state index is 6.66. The molecule has 0 saturated carbocycles. The Hall–Kier alpha value is 0.210. The van der Waals surface area contributed by atoms with Gasteiger partial charge in [-0.2, -0.15) is 0 Å². The van der Waals surface area contributed by atoms with E-state index in [1.165, 1.54) is 0 Å². The Morgan fingerprint density at radius 2 is 2.29 bits per heavy atom. The quantitative estimate of drug-likeness (QED) is 0.417. The molecule has 0 aliphatic rings. The Morgan fingerprint density at radius 1 is 1.71 bits per heavy atom. The maximum atomic E-state index is 6.66. The van der Waals surface area contributed by atoms with Crippen molar-refractivity contribution >= 4 is 11.6 Å². The first kappa shape index (κ1) is 1.87. The van der Waals surface area contributed by atoms with E-state index >= 15 is 0 Å². The third-order valence-corrected chi connectivity index (χ3v) is 0.641. The van der Waals surface area contributed by atoms with Crippen LogP contribution in [0.25, 0.3) is 0 Å². The van der Waals surface area contributed by atoms with Crippen LogP contribution in [0, 0.1) is 0 Å². The molecule has 0 saturated heterocycles. The Kier molecular flexibility index (Phi) is 1.16. The van der Waals surface area contributed by atoms with Gasteiger partial charge < -0.3 is 9.47 Å². The van der Waals surface area contributed by atoms with Gasteiger partial charge in [0.15, 0.2) is 6.29 Å². The lowest BCUT2D eigenvalue weighted by Gasteiger charge is -2.06. The minimum atomic E-state index is -2.72. The van der Waals surface area contributed by atoms with Gasteiger partial charge in [0.05, 0.1) is 14.1 Å². The highest BCUT2D eigenvalue weighted by molar-refractivity contribution is 6.18. The summed E-state index contributed by atoms with van der Waals surface area (Å²) in [5.74, 6) is -0.364. The molecule has 0 aromatic rings. The zero-order valence-corrected chi connectivity index (χ0v) is 4.23. The Balaban J connectivity index is 4.05. The molecular weight excluding hydrogens is 115 g/mol. The van der Waals surface area contributed by atoms with Crippen LogP contribution >= 0.6 is 11.6 Å². The molecule has 0 unspecified atom stereocenters. The molecule has 0 N–H and O–H groups in total. The topological polar surface area (TPSA) is 18.5 Å².